The van der Waals surface area contributed by atoms with Crippen molar-refractivity contribution in [2.75, 3.05) is 0 Å². The first-order valence-corrected chi connectivity index (χ1v) is 5.23. The summed E-state index contributed by atoms with van der Waals surface area (Å²) >= 11 is 0. The number of nitrogens with zero attached hydrogens (tertiary/aromatic N) is 2. The lowest BCUT2D eigenvalue weighted by Gasteiger charge is -2.14. The number of carbonyl (C=O) groups is 2. The summed E-state index contributed by atoms with van der Waals surface area (Å²) in [5, 5.41) is 25.9. The van der Waals surface area contributed by atoms with E-state index in [0.717, 1.165) is 0 Å². The van der Waals surface area contributed by atoms with Gasteiger partial charge in [-0.3, -0.25) is 9.59 Å². The molecule has 0 fully saturated rings. The van der Waals surface area contributed by atoms with Crippen LogP contribution in [0.3, 0.4) is 0 Å². The van der Waals surface area contributed by atoms with Crippen LogP contribution in [-0.2, 0) is 9.59 Å². The van der Waals surface area contributed by atoms with E-state index in [1.165, 1.54) is 0 Å². The van der Waals surface area contributed by atoms with Crippen molar-refractivity contribution in [3.05, 3.63) is 0 Å². The van der Waals surface area contributed by atoms with Gasteiger partial charge in [0.15, 0.2) is 12.2 Å². The van der Waals surface area contributed by atoms with Crippen LogP contribution in [0.25, 0.3) is 0 Å². The zero-order valence-corrected chi connectivity index (χ0v) is 10.8. The van der Waals surface area contributed by atoms with Crippen LogP contribution in [0.15, 0.2) is 10.2 Å². The minimum atomic E-state index is -1.92. The number of amides is 2. The van der Waals surface area contributed by atoms with Crippen molar-refractivity contribution in [3.63, 3.8) is 0 Å². The van der Waals surface area contributed by atoms with Gasteiger partial charge in [0.25, 0.3) is 11.8 Å². The van der Waals surface area contributed by atoms with Gasteiger partial charge in [-0.25, -0.2) is 10.9 Å². The monoisotopic (exact) mass is 258 g/mol. The summed E-state index contributed by atoms with van der Waals surface area (Å²) in [6.07, 6.45) is -3.83. The fraction of sp³-hybridized carbons (Fsp3) is 0.600. The molecule has 18 heavy (non-hydrogen) atoms. The summed E-state index contributed by atoms with van der Waals surface area (Å²) < 4.78 is 0. The van der Waals surface area contributed by atoms with Crippen LogP contribution in [-0.4, -0.2) is 45.7 Å². The van der Waals surface area contributed by atoms with Gasteiger partial charge in [-0.1, -0.05) is 0 Å². The van der Waals surface area contributed by atoms with Gasteiger partial charge in [-0.2, -0.15) is 10.2 Å². The molecule has 0 rings (SSSR count). The predicted octanol–water partition coefficient (Wildman–Crippen LogP) is -1.27. The normalized spacial score (nSPS) is 13.0. The smallest absolute Gasteiger partial charge is 0.272 e. The van der Waals surface area contributed by atoms with Crippen molar-refractivity contribution < 1.29 is 19.8 Å². The lowest BCUT2D eigenvalue weighted by atomic mass is 10.2. The molecule has 0 saturated heterocycles. The summed E-state index contributed by atoms with van der Waals surface area (Å²) in [5.74, 6) is -1.95. The first-order valence-electron chi connectivity index (χ1n) is 5.23. The van der Waals surface area contributed by atoms with E-state index in [2.05, 4.69) is 10.2 Å². The topological polar surface area (TPSA) is 123 Å². The lowest BCUT2D eigenvalue weighted by molar-refractivity contribution is -0.146. The van der Waals surface area contributed by atoms with E-state index < -0.39 is 24.0 Å². The Morgan fingerprint density at radius 1 is 0.833 bits per heavy atom. The fourth-order valence-corrected chi connectivity index (χ4v) is 0.753. The molecule has 4 N–H and O–H groups in total. The number of hydrogen-bond acceptors (Lipinski definition) is 6. The maximum atomic E-state index is 11.3. The highest BCUT2D eigenvalue weighted by Crippen LogP contribution is 1.95. The van der Waals surface area contributed by atoms with Crippen molar-refractivity contribution in [2.24, 2.45) is 10.2 Å². The molecule has 0 unspecified atom stereocenters. The van der Waals surface area contributed by atoms with Crippen LogP contribution in [0, 0.1) is 0 Å². The summed E-state index contributed by atoms with van der Waals surface area (Å²) in [6.45, 7) is 6.53. The van der Waals surface area contributed by atoms with E-state index in [4.69, 9.17) is 0 Å². The highest BCUT2D eigenvalue weighted by Gasteiger charge is 2.30. The molecule has 102 valence electrons. The number of carbonyl (C=O) groups excluding carboxylic acids is 2. The third-order valence-electron chi connectivity index (χ3n) is 1.62. The molecule has 0 radical (unpaired) electrons. The quantitative estimate of drug-likeness (QED) is 0.362. The Hall–Kier alpha value is -1.80. The molecular weight excluding hydrogens is 240 g/mol. The van der Waals surface area contributed by atoms with Crippen molar-refractivity contribution in [1.29, 1.82) is 0 Å². The van der Waals surface area contributed by atoms with Crippen molar-refractivity contribution >= 4 is 23.2 Å². The Balaban J connectivity index is 4.45. The van der Waals surface area contributed by atoms with E-state index in [9.17, 15) is 19.8 Å². The summed E-state index contributed by atoms with van der Waals surface area (Å²) in [5.41, 5.74) is 5.12. The van der Waals surface area contributed by atoms with Gasteiger partial charge in [0.1, 0.15) is 0 Å². The van der Waals surface area contributed by atoms with E-state index in [1.54, 1.807) is 27.7 Å². The average Bonchev–Trinajstić information content (AvgIpc) is 2.30. The maximum absolute atomic E-state index is 11.3. The molecule has 8 nitrogen and oxygen atoms in total. The van der Waals surface area contributed by atoms with Crippen LogP contribution in [0.1, 0.15) is 27.7 Å². The van der Waals surface area contributed by atoms with Crippen LogP contribution in [0.2, 0.25) is 0 Å². The molecule has 0 spiro atoms. The molecule has 0 saturated carbocycles. The molecule has 2 amide bonds. The molecule has 0 aliphatic carbocycles. The Labute approximate surface area is 105 Å². The number of hydrazone groups is 2. The summed E-state index contributed by atoms with van der Waals surface area (Å²) in [7, 11) is 0. The average molecular weight is 258 g/mol. The van der Waals surface area contributed by atoms with Crippen molar-refractivity contribution in [2.45, 2.75) is 39.9 Å². The lowest BCUT2D eigenvalue weighted by Crippen LogP contribution is -2.47. The highest BCUT2D eigenvalue weighted by atomic mass is 16.3. The van der Waals surface area contributed by atoms with Gasteiger partial charge in [0.05, 0.1) is 0 Å². The second kappa shape index (κ2) is 7.51. The van der Waals surface area contributed by atoms with E-state index in [1.807, 2.05) is 10.9 Å². The Morgan fingerprint density at radius 3 is 1.33 bits per heavy atom. The number of aliphatic hydroxyl groups is 2. The van der Waals surface area contributed by atoms with Gasteiger partial charge in [0.2, 0.25) is 0 Å². The molecule has 0 aliphatic heterocycles. The molecule has 0 bridgehead atoms. The molecule has 0 aromatic heterocycles. The predicted molar refractivity (Wildman–Crippen MR) is 65.9 cm³/mol. The van der Waals surface area contributed by atoms with Crippen LogP contribution < -0.4 is 10.9 Å². The Bertz CT molecular complexity index is 334. The van der Waals surface area contributed by atoms with Gasteiger partial charge < -0.3 is 10.2 Å². The van der Waals surface area contributed by atoms with Gasteiger partial charge in [0, 0.05) is 11.4 Å². The zero-order chi connectivity index (χ0) is 14.3. The van der Waals surface area contributed by atoms with Crippen LogP contribution >= 0.6 is 0 Å². The van der Waals surface area contributed by atoms with E-state index >= 15 is 0 Å². The molecule has 2 atom stereocenters. The molecule has 0 aromatic rings. The van der Waals surface area contributed by atoms with Crippen molar-refractivity contribution in [3.8, 4) is 0 Å². The van der Waals surface area contributed by atoms with E-state index in [0.29, 0.717) is 11.4 Å². The third kappa shape index (κ3) is 6.06. The first kappa shape index (κ1) is 16.2. The highest BCUT2D eigenvalue weighted by molar-refractivity contribution is 5.92. The first-order chi connectivity index (χ1) is 8.25. The molecule has 0 aromatic carbocycles. The zero-order valence-electron chi connectivity index (χ0n) is 10.8. The number of rotatable bonds is 5. The van der Waals surface area contributed by atoms with E-state index in [-0.39, 0.29) is 0 Å². The fourth-order valence-electron chi connectivity index (χ4n) is 0.753. The second-order valence-corrected chi connectivity index (χ2v) is 3.96. The minimum Gasteiger partial charge on any atom is -0.380 e. The van der Waals surface area contributed by atoms with Gasteiger partial charge in [-0.15, -0.1) is 0 Å². The summed E-state index contributed by atoms with van der Waals surface area (Å²) in [6, 6.07) is 0. The third-order valence-corrected chi connectivity index (χ3v) is 1.62. The molecule has 0 aliphatic rings. The number of nitrogens with one attached hydrogen (secondary N) is 2. The molecule has 0 heterocycles. The Kier molecular flexibility index (Phi) is 6.76. The number of hydrogen-bond donors (Lipinski definition) is 4. The number of aliphatic hydroxyl groups excluding tert-OH is 2. The summed E-state index contributed by atoms with van der Waals surface area (Å²) in [4.78, 5) is 22.6. The molecular formula is C10H18N4O4. The van der Waals surface area contributed by atoms with Crippen LogP contribution in [0.4, 0.5) is 0 Å². The van der Waals surface area contributed by atoms with Crippen molar-refractivity contribution in [1.82, 2.24) is 10.9 Å². The maximum Gasteiger partial charge on any atom is 0.272 e. The SMILES string of the molecule is CC(C)=NNC(=O)[C@H](O)[C@@H](O)C(=O)NN=C(C)C. The van der Waals surface area contributed by atoms with Gasteiger partial charge >= 0.3 is 0 Å². The molecule has 8 heteroatoms. The van der Waals surface area contributed by atoms with Gasteiger partial charge in [-0.05, 0) is 27.7 Å². The minimum absolute atomic E-state index is 0.556. The standard InChI is InChI=1S/C10H18N4O4/c1-5(2)11-13-9(17)7(15)8(16)10(18)14-12-6(3)4/h7-8,15-16H,1-4H3,(H,13,17)(H,14,18)/t7-,8-/m1/s1. The Morgan fingerprint density at radius 2 is 1.11 bits per heavy atom. The second-order valence-electron chi connectivity index (χ2n) is 3.96. The van der Waals surface area contributed by atoms with Crippen LogP contribution in [0.5, 0.6) is 0 Å². The largest absolute Gasteiger partial charge is 0.380 e.